The first kappa shape index (κ1) is 21.0. The van der Waals surface area contributed by atoms with E-state index in [0.29, 0.717) is 6.54 Å². The molecule has 0 heterocycles. The number of ether oxygens (including phenoxy) is 2. The molecule has 0 radical (unpaired) electrons. The highest BCUT2D eigenvalue weighted by Crippen LogP contribution is 2.13. The summed E-state index contributed by atoms with van der Waals surface area (Å²) in [6, 6.07) is 14.2. The van der Waals surface area contributed by atoms with Gasteiger partial charge in [0.15, 0.2) is 0 Å². The van der Waals surface area contributed by atoms with Crippen molar-refractivity contribution in [3.8, 4) is 11.5 Å². The molecule has 148 valence electrons. The minimum Gasteiger partial charge on any atom is -0.497 e. The number of nitrogens with one attached hydrogen (secondary N) is 1. The number of rotatable bonds is 8. The van der Waals surface area contributed by atoms with Gasteiger partial charge < -0.3 is 19.7 Å². The zero-order valence-corrected chi connectivity index (χ0v) is 16.6. The Balaban J connectivity index is 1.86. The number of likely N-dealkylation sites (N-methyl/N-ethyl adjacent to an activating group) is 1. The lowest BCUT2D eigenvalue weighted by Gasteiger charge is -2.22. The normalized spacial score (nSPS) is 11.7. The van der Waals surface area contributed by atoms with E-state index in [1.54, 1.807) is 39.2 Å². The van der Waals surface area contributed by atoms with Crippen LogP contribution in [0, 0.1) is 0 Å². The van der Waals surface area contributed by atoms with Gasteiger partial charge in [-0.2, -0.15) is 0 Å². The van der Waals surface area contributed by atoms with Gasteiger partial charge in [-0.3, -0.25) is 9.59 Å². The van der Waals surface area contributed by atoms with Gasteiger partial charge in [-0.1, -0.05) is 24.3 Å². The molecule has 0 spiro atoms. The molecule has 0 aliphatic heterocycles. The number of carbonyl (C=O) groups excluding carboxylic acids is 2. The Morgan fingerprint density at radius 2 is 1.54 bits per heavy atom. The molecule has 1 atom stereocenters. The summed E-state index contributed by atoms with van der Waals surface area (Å²) in [6.45, 7) is 2.12. The van der Waals surface area contributed by atoms with Gasteiger partial charge in [-0.05, 0) is 48.4 Å². The molecule has 0 bridgehead atoms. The van der Waals surface area contributed by atoms with E-state index in [1.165, 1.54) is 6.08 Å². The van der Waals surface area contributed by atoms with Gasteiger partial charge in [-0.15, -0.1) is 0 Å². The first-order valence-electron chi connectivity index (χ1n) is 8.93. The Morgan fingerprint density at radius 1 is 1.00 bits per heavy atom. The van der Waals surface area contributed by atoms with Crippen LogP contribution in [0.5, 0.6) is 11.5 Å². The molecule has 2 aromatic carbocycles. The highest BCUT2D eigenvalue weighted by atomic mass is 16.5. The molecule has 0 fully saturated rings. The lowest BCUT2D eigenvalue weighted by molar-refractivity contribution is -0.134. The third-order valence-corrected chi connectivity index (χ3v) is 4.23. The number of hydrogen-bond donors (Lipinski definition) is 1. The standard InChI is InChI=1S/C22H26N2O4/c1-16(22(26)24(2)15-18-7-12-20(28-4)13-8-18)23-21(25)14-9-17-5-10-19(27-3)11-6-17/h5-14,16H,15H2,1-4H3,(H,23,25)/b14-9+. The summed E-state index contributed by atoms with van der Waals surface area (Å²) in [5, 5.41) is 2.70. The lowest BCUT2D eigenvalue weighted by Crippen LogP contribution is -2.44. The largest absolute Gasteiger partial charge is 0.497 e. The maximum atomic E-state index is 12.5. The van der Waals surface area contributed by atoms with Crippen molar-refractivity contribution in [3.05, 3.63) is 65.7 Å². The van der Waals surface area contributed by atoms with Gasteiger partial charge in [0.05, 0.1) is 14.2 Å². The van der Waals surface area contributed by atoms with Crippen molar-refractivity contribution < 1.29 is 19.1 Å². The van der Waals surface area contributed by atoms with E-state index >= 15 is 0 Å². The van der Waals surface area contributed by atoms with Gasteiger partial charge in [-0.25, -0.2) is 0 Å². The number of hydrogen-bond acceptors (Lipinski definition) is 4. The molecule has 2 rings (SSSR count). The van der Waals surface area contributed by atoms with E-state index in [9.17, 15) is 9.59 Å². The minimum absolute atomic E-state index is 0.165. The number of amides is 2. The third-order valence-electron chi connectivity index (χ3n) is 4.23. The smallest absolute Gasteiger partial charge is 0.244 e. The summed E-state index contributed by atoms with van der Waals surface area (Å²) in [5.41, 5.74) is 1.85. The van der Waals surface area contributed by atoms with E-state index < -0.39 is 6.04 Å². The number of methoxy groups -OCH3 is 2. The quantitative estimate of drug-likeness (QED) is 0.713. The Labute approximate surface area is 165 Å². The van der Waals surface area contributed by atoms with Crippen molar-refractivity contribution in [2.24, 2.45) is 0 Å². The summed E-state index contributed by atoms with van der Waals surface area (Å²) in [7, 11) is 4.92. The van der Waals surface area contributed by atoms with Crippen LogP contribution < -0.4 is 14.8 Å². The second-order valence-corrected chi connectivity index (χ2v) is 6.38. The summed E-state index contributed by atoms with van der Waals surface area (Å²) in [4.78, 5) is 26.2. The predicted molar refractivity (Wildman–Crippen MR) is 109 cm³/mol. The summed E-state index contributed by atoms with van der Waals surface area (Å²) in [5.74, 6) is 1.03. The maximum absolute atomic E-state index is 12.5. The molecule has 6 nitrogen and oxygen atoms in total. The fraction of sp³-hybridized carbons (Fsp3) is 0.273. The van der Waals surface area contributed by atoms with Crippen LogP contribution in [0.4, 0.5) is 0 Å². The molecule has 28 heavy (non-hydrogen) atoms. The van der Waals surface area contributed by atoms with Gasteiger partial charge >= 0.3 is 0 Å². The zero-order chi connectivity index (χ0) is 20.5. The summed E-state index contributed by atoms with van der Waals surface area (Å²) in [6.07, 6.45) is 3.10. The topological polar surface area (TPSA) is 67.9 Å². The molecule has 2 aromatic rings. The van der Waals surface area contributed by atoms with E-state index in [4.69, 9.17) is 9.47 Å². The number of carbonyl (C=O) groups is 2. The SMILES string of the molecule is COc1ccc(/C=C/C(=O)NC(C)C(=O)N(C)Cc2ccc(OC)cc2)cc1. The van der Waals surface area contributed by atoms with Gasteiger partial charge in [0.1, 0.15) is 17.5 Å². The number of benzene rings is 2. The van der Waals surface area contributed by atoms with Gasteiger partial charge in [0.2, 0.25) is 11.8 Å². The van der Waals surface area contributed by atoms with Crippen LogP contribution in [0.15, 0.2) is 54.6 Å². The molecule has 0 saturated carbocycles. The van der Waals surface area contributed by atoms with Crippen molar-refractivity contribution in [2.45, 2.75) is 19.5 Å². The first-order chi connectivity index (χ1) is 13.4. The molecule has 1 N–H and O–H groups in total. The van der Waals surface area contributed by atoms with Crippen molar-refractivity contribution in [2.75, 3.05) is 21.3 Å². The summed E-state index contributed by atoms with van der Waals surface area (Å²) >= 11 is 0. The zero-order valence-electron chi connectivity index (χ0n) is 16.6. The average molecular weight is 382 g/mol. The molecule has 0 aromatic heterocycles. The highest BCUT2D eigenvalue weighted by molar-refractivity contribution is 5.95. The van der Waals surface area contributed by atoms with E-state index in [-0.39, 0.29) is 11.8 Å². The Kier molecular flexibility index (Phi) is 7.63. The van der Waals surface area contributed by atoms with Gasteiger partial charge in [0, 0.05) is 19.7 Å². The molecule has 0 aliphatic carbocycles. The molecule has 2 amide bonds. The lowest BCUT2D eigenvalue weighted by atomic mass is 10.2. The van der Waals surface area contributed by atoms with Crippen molar-refractivity contribution in [3.63, 3.8) is 0 Å². The van der Waals surface area contributed by atoms with Crippen molar-refractivity contribution >= 4 is 17.9 Å². The maximum Gasteiger partial charge on any atom is 0.244 e. The van der Waals surface area contributed by atoms with E-state index in [1.807, 2.05) is 48.5 Å². The van der Waals surface area contributed by atoms with Gasteiger partial charge in [0.25, 0.3) is 0 Å². The first-order valence-corrected chi connectivity index (χ1v) is 8.93. The fourth-order valence-electron chi connectivity index (χ4n) is 2.62. The van der Waals surface area contributed by atoms with Crippen LogP contribution in [0.25, 0.3) is 6.08 Å². The Morgan fingerprint density at radius 3 is 2.07 bits per heavy atom. The van der Waals surface area contributed by atoms with Crippen LogP contribution in [0.2, 0.25) is 0 Å². The van der Waals surface area contributed by atoms with Crippen LogP contribution in [-0.2, 0) is 16.1 Å². The summed E-state index contributed by atoms with van der Waals surface area (Å²) < 4.78 is 10.2. The van der Waals surface area contributed by atoms with Crippen molar-refractivity contribution in [1.82, 2.24) is 10.2 Å². The Hall–Kier alpha value is -3.28. The van der Waals surface area contributed by atoms with Crippen LogP contribution in [0.3, 0.4) is 0 Å². The van der Waals surface area contributed by atoms with Crippen LogP contribution >= 0.6 is 0 Å². The van der Waals surface area contributed by atoms with Crippen LogP contribution in [0.1, 0.15) is 18.1 Å². The molecule has 0 aliphatic rings. The molecular weight excluding hydrogens is 356 g/mol. The number of nitrogens with zero attached hydrogens (tertiary/aromatic N) is 1. The predicted octanol–water partition coefficient (Wildman–Crippen LogP) is 2.88. The molecule has 1 unspecified atom stereocenters. The Bertz CT molecular complexity index is 813. The van der Waals surface area contributed by atoms with E-state index in [2.05, 4.69) is 5.32 Å². The van der Waals surface area contributed by atoms with Crippen molar-refractivity contribution in [1.29, 1.82) is 0 Å². The van der Waals surface area contributed by atoms with Crippen LogP contribution in [-0.4, -0.2) is 44.0 Å². The highest BCUT2D eigenvalue weighted by Gasteiger charge is 2.18. The average Bonchev–Trinajstić information content (AvgIpc) is 2.72. The third kappa shape index (κ3) is 6.16. The molecule has 0 saturated heterocycles. The monoisotopic (exact) mass is 382 g/mol. The molecule has 6 heteroatoms. The van der Waals surface area contributed by atoms with E-state index in [0.717, 1.165) is 22.6 Å². The fourth-order valence-corrected chi connectivity index (χ4v) is 2.62. The molecular formula is C22H26N2O4. The minimum atomic E-state index is -0.628. The second-order valence-electron chi connectivity index (χ2n) is 6.38. The second kappa shape index (κ2) is 10.2.